The Labute approximate surface area is 131 Å². The van der Waals surface area contributed by atoms with Gasteiger partial charge in [0, 0.05) is 11.6 Å². The van der Waals surface area contributed by atoms with Gasteiger partial charge in [0.15, 0.2) is 0 Å². The minimum Gasteiger partial charge on any atom is -0.496 e. The fourth-order valence-corrected chi connectivity index (χ4v) is 2.73. The highest BCUT2D eigenvalue weighted by Gasteiger charge is 2.12. The number of aryl methyl sites for hydroxylation is 1. The zero-order chi connectivity index (χ0) is 15.2. The van der Waals surface area contributed by atoms with Crippen LogP contribution in [0.1, 0.15) is 35.6 Å². The van der Waals surface area contributed by atoms with Crippen LogP contribution >= 0.6 is 11.8 Å². The van der Waals surface area contributed by atoms with E-state index in [9.17, 15) is 0 Å². The van der Waals surface area contributed by atoms with Crippen molar-refractivity contribution in [2.75, 3.05) is 13.4 Å². The maximum absolute atomic E-state index is 5.78. The van der Waals surface area contributed by atoms with Gasteiger partial charge in [-0.2, -0.15) is 11.8 Å². The average molecular weight is 305 g/mol. The molecular formula is C17H23NO2S. The second-order valence-electron chi connectivity index (χ2n) is 5.15. The van der Waals surface area contributed by atoms with Gasteiger partial charge in [0.1, 0.15) is 17.3 Å². The summed E-state index contributed by atoms with van der Waals surface area (Å²) < 4.78 is 11.2. The molecule has 0 amide bonds. The maximum atomic E-state index is 5.78. The Hall–Kier alpha value is -1.39. The van der Waals surface area contributed by atoms with Crippen LogP contribution in [-0.4, -0.2) is 13.4 Å². The molecule has 21 heavy (non-hydrogen) atoms. The maximum Gasteiger partial charge on any atom is 0.123 e. The third kappa shape index (κ3) is 4.29. The number of hydrogen-bond donors (Lipinski definition) is 1. The van der Waals surface area contributed by atoms with Gasteiger partial charge in [0.05, 0.1) is 19.4 Å². The first-order valence-corrected chi connectivity index (χ1v) is 8.48. The molecule has 0 spiro atoms. The number of furan rings is 1. The molecular weight excluding hydrogens is 282 g/mol. The van der Waals surface area contributed by atoms with Gasteiger partial charge in [-0.05, 0) is 38.3 Å². The summed E-state index contributed by atoms with van der Waals surface area (Å²) >= 11 is 1.77. The highest BCUT2D eigenvalue weighted by atomic mass is 32.2. The number of rotatable bonds is 7. The summed E-state index contributed by atoms with van der Waals surface area (Å²) in [5.41, 5.74) is 2.41. The molecule has 2 rings (SSSR count). The fraction of sp³-hybridized carbons (Fsp3) is 0.412. The Balaban J connectivity index is 2.00. The molecule has 114 valence electrons. The van der Waals surface area contributed by atoms with Crippen molar-refractivity contribution in [3.8, 4) is 5.75 Å². The molecule has 1 aromatic heterocycles. The minimum absolute atomic E-state index is 0.203. The molecule has 0 bridgehead atoms. The van der Waals surface area contributed by atoms with Crippen LogP contribution in [0.3, 0.4) is 0 Å². The van der Waals surface area contributed by atoms with E-state index in [1.807, 2.05) is 18.2 Å². The normalized spacial score (nSPS) is 12.4. The van der Waals surface area contributed by atoms with Crippen molar-refractivity contribution in [1.82, 2.24) is 5.32 Å². The fourth-order valence-electron chi connectivity index (χ4n) is 2.29. The number of benzene rings is 1. The molecule has 3 nitrogen and oxygen atoms in total. The van der Waals surface area contributed by atoms with Crippen LogP contribution in [0, 0.1) is 6.92 Å². The number of thioether (sulfide) groups is 1. The van der Waals surface area contributed by atoms with E-state index in [0.717, 1.165) is 23.0 Å². The van der Waals surface area contributed by atoms with Crippen LogP contribution in [0.4, 0.5) is 0 Å². The lowest BCUT2D eigenvalue weighted by atomic mass is 10.0. The van der Waals surface area contributed by atoms with E-state index in [0.29, 0.717) is 6.54 Å². The largest absolute Gasteiger partial charge is 0.496 e. The second kappa shape index (κ2) is 7.57. The molecule has 2 aromatic rings. The molecule has 1 atom stereocenters. The van der Waals surface area contributed by atoms with Crippen molar-refractivity contribution in [2.24, 2.45) is 0 Å². The quantitative estimate of drug-likeness (QED) is 0.826. The summed E-state index contributed by atoms with van der Waals surface area (Å²) in [6.07, 6.45) is 2.08. The first-order chi connectivity index (χ1) is 10.1. The van der Waals surface area contributed by atoms with Gasteiger partial charge in [-0.25, -0.2) is 0 Å². The molecule has 0 saturated carbocycles. The van der Waals surface area contributed by atoms with Crippen molar-refractivity contribution < 1.29 is 9.15 Å². The Kier molecular flexibility index (Phi) is 5.76. The smallest absolute Gasteiger partial charge is 0.123 e. The van der Waals surface area contributed by atoms with Gasteiger partial charge in [0.25, 0.3) is 0 Å². The number of nitrogens with one attached hydrogen (secondary N) is 1. The first kappa shape index (κ1) is 16.0. The third-order valence-corrected chi connectivity index (χ3v) is 4.01. The summed E-state index contributed by atoms with van der Waals surface area (Å²) in [6.45, 7) is 4.95. The SMILES string of the molecule is COc1ccc(C)cc1C(C)NCc1ccc(CSC)o1. The molecule has 1 unspecified atom stereocenters. The third-order valence-electron chi connectivity index (χ3n) is 3.44. The highest BCUT2D eigenvalue weighted by Crippen LogP contribution is 2.26. The van der Waals surface area contributed by atoms with Gasteiger partial charge in [0.2, 0.25) is 0 Å². The van der Waals surface area contributed by atoms with E-state index in [1.165, 1.54) is 11.1 Å². The molecule has 0 saturated heterocycles. The first-order valence-electron chi connectivity index (χ1n) is 7.08. The van der Waals surface area contributed by atoms with Crippen LogP contribution in [0.2, 0.25) is 0 Å². The Morgan fingerprint density at radius 1 is 1.24 bits per heavy atom. The summed E-state index contributed by atoms with van der Waals surface area (Å²) in [6, 6.07) is 10.5. The zero-order valence-electron chi connectivity index (χ0n) is 13.1. The molecule has 1 N–H and O–H groups in total. The molecule has 0 radical (unpaired) electrons. The minimum atomic E-state index is 0.203. The number of ether oxygens (including phenoxy) is 1. The van der Waals surface area contributed by atoms with Crippen molar-refractivity contribution in [3.05, 3.63) is 53.0 Å². The number of hydrogen-bond acceptors (Lipinski definition) is 4. The van der Waals surface area contributed by atoms with Crippen LogP contribution < -0.4 is 10.1 Å². The highest BCUT2D eigenvalue weighted by molar-refractivity contribution is 7.97. The molecule has 0 aliphatic heterocycles. The van der Waals surface area contributed by atoms with E-state index in [4.69, 9.17) is 9.15 Å². The van der Waals surface area contributed by atoms with E-state index in [1.54, 1.807) is 18.9 Å². The molecule has 4 heteroatoms. The Morgan fingerprint density at radius 3 is 2.71 bits per heavy atom. The number of methoxy groups -OCH3 is 1. The lowest BCUT2D eigenvalue weighted by Crippen LogP contribution is -2.18. The van der Waals surface area contributed by atoms with Crippen LogP contribution in [-0.2, 0) is 12.3 Å². The van der Waals surface area contributed by atoms with E-state index >= 15 is 0 Å². The van der Waals surface area contributed by atoms with Crippen molar-refractivity contribution >= 4 is 11.8 Å². The van der Waals surface area contributed by atoms with Gasteiger partial charge in [-0.15, -0.1) is 0 Å². The van der Waals surface area contributed by atoms with Crippen molar-refractivity contribution in [1.29, 1.82) is 0 Å². The monoisotopic (exact) mass is 305 g/mol. The van der Waals surface area contributed by atoms with E-state index in [2.05, 4.69) is 37.6 Å². The lowest BCUT2D eigenvalue weighted by Gasteiger charge is -2.17. The molecule has 1 heterocycles. The standard InChI is InChI=1S/C17H23NO2S/c1-12-5-8-17(19-3)16(9-12)13(2)18-10-14-6-7-15(20-14)11-21-4/h5-9,13,18H,10-11H2,1-4H3. The summed E-state index contributed by atoms with van der Waals surface area (Å²) in [5, 5.41) is 3.49. The Morgan fingerprint density at radius 2 is 2.00 bits per heavy atom. The van der Waals surface area contributed by atoms with Gasteiger partial charge >= 0.3 is 0 Å². The predicted molar refractivity (Wildman–Crippen MR) is 88.9 cm³/mol. The van der Waals surface area contributed by atoms with E-state index in [-0.39, 0.29) is 6.04 Å². The van der Waals surface area contributed by atoms with Crippen molar-refractivity contribution in [3.63, 3.8) is 0 Å². The van der Waals surface area contributed by atoms with Crippen LogP contribution in [0.15, 0.2) is 34.7 Å². The van der Waals surface area contributed by atoms with Crippen LogP contribution in [0.5, 0.6) is 5.75 Å². The molecule has 0 aliphatic rings. The van der Waals surface area contributed by atoms with Gasteiger partial charge in [-0.1, -0.05) is 17.7 Å². The van der Waals surface area contributed by atoms with Crippen LogP contribution in [0.25, 0.3) is 0 Å². The average Bonchev–Trinajstić information content (AvgIpc) is 2.93. The predicted octanol–water partition coefficient (Wildman–Crippen LogP) is 4.31. The summed E-state index contributed by atoms with van der Waals surface area (Å²) in [7, 11) is 1.71. The topological polar surface area (TPSA) is 34.4 Å². The Bertz CT molecular complexity index is 580. The zero-order valence-corrected chi connectivity index (χ0v) is 13.9. The van der Waals surface area contributed by atoms with Gasteiger partial charge < -0.3 is 14.5 Å². The van der Waals surface area contributed by atoms with E-state index < -0.39 is 0 Å². The lowest BCUT2D eigenvalue weighted by molar-refractivity contribution is 0.396. The second-order valence-corrected chi connectivity index (χ2v) is 6.02. The molecule has 0 aliphatic carbocycles. The summed E-state index contributed by atoms with van der Waals surface area (Å²) in [4.78, 5) is 0. The summed E-state index contributed by atoms with van der Waals surface area (Å²) in [5.74, 6) is 3.84. The molecule has 0 fully saturated rings. The molecule has 1 aromatic carbocycles. The van der Waals surface area contributed by atoms with Crippen molar-refractivity contribution in [2.45, 2.75) is 32.2 Å². The van der Waals surface area contributed by atoms with Gasteiger partial charge in [-0.3, -0.25) is 0 Å².